The number of anilines is 2. The molecule has 4 aromatic rings. The summed E-state index contributed by atoms with van der Waals surface area (Å²) in [5.41, 5.74) is 2.40. The number of carbonyl (C=O) groups is 3. The maximum absolute atomic E-state index is 15.2. The molecule has 15 heteroatoms. The Morgan fingerprint density at radius 3 is 2.30 bits per heavy atom. The van der Waals surface area contributed by atoms with E-state index in [2.05, 4.69) is 41.0 Å². The smallest absolute Gasteiger partial charge is 0.255 e. The van der Waals surface area contributed by atoms with Gasteiger partial charge in [0.2, 0.25) is 23.7 Å². The standard InChI is InChI=1S/C45H53F2N9O4/c46-37-25-34(49-39-13-14-40(57)52-44(39)60)11-12-36(37)30-17-22-54(23-18-30)27-29-15-20-55(21-16-29)28-41(58)50-32-7-9-33(10-8-32)51-45-48-26-38(47)43(53-45)31-4-3-5-35(24-31)56-19-2-1-6-42(56)59/h1-6,11-12,19,24-26,29-30,32-33,39,49H,7-10,13-18,20-23,27-28H2,(H,50,58)(H,48,51,53)(H,52,57,60). The third kappa shape index (κ3) is 10.2. The van der Waals surface area contributed by atoms with E-state index in [-0.39, 0.29) is 59.2 Å². The van der Waals surface area contributed by atoms with Crippen molar-refractivity contribution in [3.05, 3.63) is 101 Å². The Bertz CT molecular complexity index is 2230. The number of nitrogens with one attached hydrogen (secondary N) is 4. The van der Waals surface area contributed by atoms with Crippen LogP contribution < -0.4 is 26.8 Å². The first-order valence-corrected chi connectivity index (χ1v) is 21.3. The summed E-state index contributed by atoms with van der Waals surface area (Å²) in [7, 11) is 0. The average molecular weight is 822 g/mol. The van der Waals surface area contributed by atoms with Crippen LogP contribution >= 0.6 is 0 Å². The monoisotopic (exact) mass is 821 g/mol. The lowest BCUT2D eigenvalue weighted by atomic mass is 9.87. The molecule has 4 aliphatic rings. The van der Waals surface area contributed by atoms with Gasteiger partial charge in [-0.15, -0.1) is 0 Å². The Morgan fingerprint density at radius 2 is 1.55 bits per heavy atom. The molecule has 4 N–H and O–H groups in total. The lowest BCUT2D eigenvalue weighted by Crippen LogP contribution is -2.47. The Kier molecular flexibility index (Phi) is 12.9. The van der Waals surface area contributed by atoms with Gasteiger partial charge in [0.05, 0.1) is 12.7 Å². The van der Waals surface area contributed by atoms with Gasteiger partial charge in [0.15, 0.2) is 5.82 Å². The lowest BCUT2D eigenvalue weighted by Gasteiger charge is -2.38. The van der Waals surface area contributed by atoms with Crippen LogP contribution in [0.1, 0.15) is 75.7 Å². The van der Waals surface area contributed by atoms with Crippen molar-refractivity contribution < 1.29 is 23.2 Å². The summed E-state index contributed by atoms with van der Waals surface area (Å²) >= 11 is 0. The number of imide groups is 1. The van der Waals surface area contributed by atoms with Gasteiger partial charge in [-0.3, -0.25) is 34.0 Å². The van der Waals surface area contributed by atoms with E-state index >= 15 is 4.39 Å². The van der Waals surface area contributed by atoms with Crippen LogP contribution in [0, 0.1) is 17.6 Å². The van der Waals surface area contributed by atoms with Crippen molar-refractivity contribution in [3.63, 3.8) is 0 Å². The number of carbonyl (C=O) groups excluding carboxylic acids is 3. The van der Waals surface area contributed by atoms with E-state index in [1.54, 1.807) is 42.6 Å². The number of amides is 3. The average Bonchev–Trinajstić information content (AvgIpc) is 3.25. The number of hydrogen-bond acceptors (Lipinski definition) is 10. The zero-order chi connectivity index (χ0) is 41.6. The van der Waals surface area contributed by atoms with E-state index in [1.807, 2.05) is 12.1 Å². The van der Waals surface area contributed by atoms with Crippen LogP contribution in [0.3, 0.4) is 0 Å². The van der Waals surface area contributed by atoms with Gasteiger partial charge in [-0.05, 0) is 132 Å². The lowest BCUT2D eigenvalue weighted by molar-refractivity contribution is -0.133. The zero-order valence-electron chi connectivity index (χ0n) is 33.8. The Labute approximate surface area is 348 Å². The maximum Gasteiger partial charge on any atom is 0.255 e. The van der Waals surface area contributed by atoms with Crippen LogP contribution in [0.4, 0.5) is 20.4 Å². The molecule has 1 aliphatic carbocycles. The van der Waals surface area contributed by atoms with Gasteiger partial charge in [-0.25, -0.2) is 18.7 Å². The van der Waals surface area contributed by atoms with E-state index in [9.17, 15) is 23.6 Å². The van der Waals surface area contributed by atoms with Crippen LogP contribution in [-0.2, 0) is 14.4 Å². The summed E-state index contributed by atoms with van der Waals surface area (Å²) in [6, 6.07) is 16.8. The zero-order valence-corrected chi connectivity index (χ0v) is 33.8. The van der Waals surface area contributed by atoms with Gasteiger partial charge >= 0.3 is 0 Å². The van der Waals surface area contributed by atoms with Crippen molar-refractivity contribution in [1.29, 1.82) is 0 Å². The third-order valence-electron chi connectivity index (χ3n) is 12.6. The fourth-order valence-corrected chi connectivity index (χ4v) is 9.22. The fraction of sp³-hybridized carbons (Fsp3) is 0.467. The highest BCUT2D eigenvalue weighted by atomic mass is 19.1. The number of rotatable bonds is 12. The van der Waals surface area contributed by atoms with Crippen molar-refractivity contribution in [3.8, 4) is 16.9 Å². The number of benzene rings is 2. The molecule has 1 saturated carbocycles. The van der Waals surface area contributed by atoms with E-state index in [0.717, 1.165) is 89.7 Å². The number of likely N-dealkylation sites (tertiary alicyclic amines) is 2. The van der Waals surface area contributed by atoms with Crippen molar-refractivity contribution in [2.75, 3.05) is 49.9 Å². The number of hydrogen-bond donors (Lipinski definition) is 4. The van der Waals surface area contributed by atoms with Crippen molar-refractivity contribution in [2.24, 2.45) is 5.92 Å². The van der Waals surface area contributed by atoms with Crippen LogP contribution in [0.25, 0.3) is 16.9 Å². The molecular weight excluding hydrogens is 769 g/mol. The molecule has 5 heterocycles. The molecule has 0 spiro atoms. The second-order valence-electron chi connectivity index (χ2n) is 16.8. The van der Waals surface area contributed by atoms with E-state index in [4.69, 9.17) is 0 Å². The second-order valence-corrected chi connectivity index (χ2v) is 16.8. The molecule has 0 radical (unpaired) electrons. The summed E-state index contributed by atoms with van der Waals surface area (Å²) in [4.78, 5) is 62.4. The molecule has 4 fully saturated rings. The number of piperidine rings is 3. The third-order valence-corrected chi connectivity index (χ3v) is 12.6. The molecule has 2 aromatic heterocycles. The van der Waals surface area contributed by atoms with Crippen molar-refractivity contribution in [2.45, 2.75) is 88.3 Å². The molecule has 60 heavy (non-hydrogen) atoms. The maximum atomic E-state index is 15.2. The molecular formula is C45H53F2N9O4. The van der Waals surface area contributed by atoms with E-state index < -0.39 is 11.9 Å². The minimum atomic E-state index is -0.548. The highest BCUT2D eigenvalue weighted by molar-refractivity contribution is 6.01. The molecule has 2 aromatic carbocycles. The summed E-state index contributed by atoms with van der Waals surface area (Å²) in [6.45, 7) is 5.06. The second kappa shape index (κ2) is 18.8. The number of nitrogens with zero attached hydrogens (tertiary/aromatic N) is 5. The van der Waals surface area contributed by atoms with Gasteiger partial charge in [0, 0.05) is 54.3 Å². The van der Waals surface area contributed by atoms with Gasteiger partial charge in [-0.1, -0.05) is 24.3 Å². The van der Waals surface area contributed by atoms with Crippen LogP contribution in [0.15, 0.2) is 77.9 Å². The first-order chi connectivity index (χ1) is 29.1. The summed E-state index contributed by atoms with van der Waals surface area (Å²) < 4.78 is 31.7. The predicted molar refractivity (Wildman–Crippen MR) is 225 cm³/mol. The molecule has 1 unspecified atom stereocenters. The predicted octanol–water partition coefficient (Wildman–Crippen LogP) is 5.22. The molecule has 3 amide bonds. The highest BCUT2D eigenvalue weighted by Crippen LogP contribution is 2.33. The Hall–Kier alpha value is -5.54. The quantitative estimate of drug-likeness (QED) is 0.140. The first-order valence-electron chi connectivity index (χ1n) is 21.3. The van der Waals surface area contributed by atoms with Gasteiger partial charge in [0.25, 0.3) is 5.56 Å². The Balaban J connectivity index is 0.726. The fourth-order valence-electron chi connectivity index (χ4n) is 9.22. The van der Waals surface area contributed by atoms with Crippen LogP contribution in [0.5, 0.6) is 0 Å². The number of pyridine rings is 1. The van der Waals surface area contributed by atoms with Gasteiger partial charge < -0.3 is 20.9 Å². The summed E-state index contributed by atoms with van der Waals surface area (Å²) in [6.07, 6.45) is 10.7. The number of halogens is 2. The van der Waals surface area contributed by atoms with Gasteiger partial charge in [0.1, 0.15) is 17.6 Å². The molecule has 3 saturated heterocycles. The highest BCUT2D eigenvalue weighted by Gasteiger charge is 2.30. The topological polar surface area (TPSA) is 154 Å². The number of aromatic nitrogens is 3. The molecule has 13 nitrogen and oxygen atoms in total. The van der Waals surface area contributed by atoms with Crippen LogP contribution in [0.2, 0.25) is 0 Å². The molecule has 3 aliphatic heterocycles. The van der Waals surface area contributed by atoms with Crippen LogP contribution in [-0.4, -0.2) is 99.5 Å². The normalized spacial score (nSPS) is 22.3. The largest absolute Gasteiger partial charge is 0.374 e. The summed E-state index contributed by atoms with van der Waals surface area (Å²) in [5, 5.41) is 12.0. The Morgan fingerprint density at radius 1 is 0.783 bits per heavy atom. The SMILES string of the molecule is O=C1CCC(Nc2ccc(C3CCN(CC4CCN(CC(=O)NC5CCC(Nc6ncc(F)c(-c7cccc(-n8ccccc8=O)c7)n6)CC5)CC4)CC3)c(F)c2)C(=O)N1. The van der Waals surface area contributed by atoms with Crippen molar-refractivity contribution in [1.82, 2.24) is 35.0 Å². The summed E-state index contributed by atoms with van der Waals surface area (Å²) in [5.74, 6) is -0.331. The minimum absolute atomic E-state index is 0.0606. The minimum Gasteiger partial charge on any atom is -0.374 e. The van der Waals surface area contributed by atoms with Crippen molar-refractivity contribution >= 4 is 29.4 Å². The molecule has 1 atom stereocenters. The first kappa shape index (κ1) is 41.2. The van der Waals surface area contributed by atoms with Gasteiger partial charge in [-0.2, -0.15) is 0 Å². The molecule has 0 bridgehead atoms. The van der Waals surface area contributed by atoms with E-state index in [1.165, 1.54) is 22.9 Å². The van der Waals surface area contributed by atoms with E-state index in [0.29, 0.717) is 41.8 Å². The molecule has 316 valence electrons. The molecule has 8 rings (SSSR count).